The van der Waals surface area contributed by atoms with Crippen molar-refractivity contribution in [3.63, 3.8) is 0 Å². The third-order valence-electron chi connectivity index (χ3n) is 7.17. The summed E-state index contributed by atoms with van der Waals surface area (Å²) in [5, 5.41) is 3.15. The van der Waals surface area contributed by atoms with Gasteiger partial charge in [0.15, 0.2) is 17.8 Å². The highest BCUT2D eigenvalue weighted by Crippen LogP contribution is 2.42. The smallest absolute Gasteiger partial charge is 0.497 e. The van der Waals surface area contributed by atoms with E-state index in [1.54, 1.807) is 44.4 Å². The van der Waals surface area contributed by atoms with Crippen LogP contribution >= 0.6 is 0 Å². The van der Waals surface area contributed by atoms with Crippen LogP contribution in [-0.4, -0.2) is 44.2 Å². The largest absolute Gasteiger partial charge is 0.513 e. The highest BCUT2D eigenvalue weighted by molar-refractivity contribution is 6.12. The van der Waals surface area contributed by atoms with Crippen LogP contribution in [0.2, 0.25) is 0 Å². The Morgan fingerprint density at radius 2 is 1.57 bits per heavy atom. The number of aromatic nitrogens is 1. The van der Waals surface area contributed by atoms with E-state index in [2.05, 4.69) is 10.3 Å². The third kappa shape index (κ3) is 6.76. The first kappa shape index (κ1) is 31.5. The molecule has 0 aliphatic rings. The second-order valence-corrected chi connectivity index (χ2v) is 9.93. The number of aldehydes is 1. The molecule has 4 aromatic carbocycles. The molecule has 0 fully saturated rings. The fraction of sp³-hybridized carbons (Fsp3) is 0.167. The van der Waals surface area contributed by atoms with E-state index in [0.29, 0.717) is 23.3 Å². The number of ether oxygens (including phenoxy) is 5. The molecule has 10 nitrogen and oxygen atoms in total. The van der Waals surface area contributed by atoms with Crippen molar-refractivity contribution in [3.8, 4) is 23.0 Å². The number of nitrogens with one attached hydrogen (secondary N) is 1. The molecule has 0 saturated heterocycles. The van der Waals surface area contributed by atoms with Gasteiger partial charge in [-0.2, -0.15) is 0 Å². The summed E-state index contributed by atoms with van der Waals surface area (Å²) >= 11 is 0. The van der Waals surface area contributed by atoms with Gasteiger partial charge in [-0.3, -0.25) is 14.6 Å². The summed E-state index contributed by atoms with van der Waals surface area (Å²) in [5.41, 5.74) is 2.09. The lowest BCUT2D eigenvalue weighted by Crippen LogP contribution is -2.26. The molecule has 10 heteroatoms. The van der Waals surface area contributed by atoms with Gasteiger partial charge in [0.1, 0.15) is 23.1 Å². The number of nitrogens with zero attached hydrogens (tertiary/aromatic N) is 1. The summed E-state index contributed by atoms with van der Waals surface area (Å²) in [6, 6.07) is 27.4. The predicted molar refractivity (Wildman–Crippen MR) is 171 cm³/mol. The minimum atomic E-state index is -1.04. The molecule has 1 amide bonds. The van der Waals surface area contributed by atoms with Crippen LogP contribution in [0, 0.1) is 0 Å². The quantitative estimate of drug-likeness (QED) is 0.0922. The standard InChI is InChI=1S/C36H32N2O8/c1-4-44-36(41)46-33-27-16-11-19-37-31(27)34(45-32(23-12-7-5-8-13-23)24-14-9-6-10-15-24)30(28(33)22-39)35(40)38-21-25-17-18-26(42-2)20-29(25)43-3/h5-20,22,32H,4,21H2,1-3H3,(H,38,40). The number of carbonyl (C=O) groups excluding carboxylic acids is 3. The second kappa shape index (κ2) is 14.7. The van der Waals surface area contributed by atoms with E-state index in [1.165, 1.54) is 13.3 Å². The first-order chi connectivity index (χ1) is 22.5. The Morgan fingerprint density at radius 1 is 0.870 bits per heavy atom. The number of fused-ring (bicyclic) bond motifs is 1. The summed E-state index contributed by atoms with van der Waals surface area (Å²) in [7, 11) is 3.05. The lowest BCUT2D eigenvalue weighted by Gasteiger charge is -2.24. The Balaban J connectivity index is 1.69. The predicted octanol–water partition coefficient (Wildman–Crippen LogP) is 6.70. The van der Waals surface area contributed by atoms with Crippen molar-refractivity contribution in [2.45, 2.75) is 19.6 Å². The number of hydrogen-bond acceptors (Lipinski definition) is 9. The summed E-state index contributed by atoms with van der Waals surface area (Å²) in [6.45, 7) is 1.69. The molecule has 0 bridgehead atoms. The Hall–Kier alpha value is -5.90. The summed E-state index contributed by atoms with van der Waals surface area (Å²) < 4.78 is 28.0. The molecular formula is C36H32N2O8. The van der Waals surface area contributed by atoms with Crippen molar-refractivity contribution in [1.29, 1.82) is 0 Å². The number of hydrogen-bond donors (Lipinski definition) is 1. The molecule has 1 aromatic heterocycles. The van der Waals surface area contributed by atoms with Crippen molar-refractivity contribution in [2.24, 2.45) is 0 Å². The molecule has 0 spiro atoms. The molecule has 0 saturated carbocycles. The number of amides is 1. The number of carbonyl (C=O) groups is 3. The van der Waals surface area contributed by atoms with Gasteiger partial charge in [0, 0.05) is 29.8 Å². The van der Waals surface area contributed by atoms with Gasteiger partial charge in [-0.25, -0.2) is 4.79 Å². The topological polar surface area (TPSA) is 122 Å². The Morgan fingerprint density at radius 3 is 2.17 bits per heavy atom. The average molecular weight is 621 g/mol. The molecule has 46 heavy (non-hydrogen) atoms. The number of benzene rings is 4. The number of pyridine rings is 1. The molecule has 0 unspecified atom stereocenters. The van der Waals surface area contributed by atoms with Gasteiger partial charge in [0.05, 0.1) is 32.0 Å². The van der Waals surface area contributed by atoms with Gasteiger partial charge in [-0.15, -0.1) is 0 Å². The summed E-state index contributed by atoms with van der Waals surface area (Å²) in [6.07, 6.45) is 0.243. The number of methoxy groups -OCH3 is 2. The van der Waals surface area contributed by atoms with E-state index in [-0.39, 0.29) is 46.7 Å². The van der Waals surface area contributed by atoms with E-state index in [0.717, 1.165) is 11.1 Å². The maximum atomic E-state index is 14.2. The van der Waals surface area contributed by atoms with E-state index < -0.39 is 18.2 Å². The van der Waals surface area contributed by atoms with E-state index >= 15 is 0 Å². The van der Waals surface area contributed by atoms with Gasteiger partial charge in [0.2, 0.25) is 0 Å². The second-order valence-electron chi connectivity index (χ2n) is 9.93. The monoisotopic (exact) mass is 620 g/mol. The van der Waals surface area contributed by atoms with Crippen molar-refractivity contribution in [1.82, 2.24) is 10.3 Å². The maximum Gasteiger partial charge on any atom is 0.513 e. The van der Waals surface area contributed by atoms with Crippen LogP contribution in [0.4, 0.5) is 4.79 Å². The normalized spacial score (nSPS) is 10.7. The van der Waals surface area contributed by atoms with Gasteiger partial charge in [-0.1, -0.05) is 60.7 Å². The minimum absolute atomic E-state index is 0.0266. The first-order valence-electron chi connectivity index (χ1n) is 14.5. The molecule has 1 heterocycles. The van der Waals surface area contributed by atoms with Gasteiger partial charge in [-0.05, 0) is 42.3 Å². The summed E-state index contributed by atoms with van der Waals surface area (Å²) in [5.74, 6) is 0.264. The van der Waals surface area contributed by atoms with E-state index in [4.69, 9.17) is 23.7 Å². The van der Waals surface area contributed by atoms with Crippen molar-refractivity contribution >= 4 is 29.3 Å². The Kier molecular flexibility index (Phi) is 10.1. The van der Waals surface area contributed by atoms with Crippen LogP contribution in [0.1, 0.15) is 50.4 Å². The average Bonchev–Trinajstić information content (AvgIpc) is 3.10. The van der Waals surface area contributed by atoms with Crippen LogP contribution < -0.4 is 24.3 Å². The van der Waals surface area contributed by atoms with Crippen molar-refractivity contribution < 1.29 is 38.1 Å². The molecule has 1 N–H and O–H groups in total. The molecule has 0 aliphatic carbocycles. The first-order valence-corrected chi connectivity index (χ1v) is 14.5. The molecule has 234 valence electrons. The molecule has 5 aromatic rings. The molecular weight excluding hydrogens is 588 g/mol. The third-order valence-corrected chi connectivity index (χ3v) is 7.17. The van der Waals surface area contributed by atoms with Gasteiger partial charge < -0.3 is 29.0 Å². The lowest BCUT2D eigenvalue weighted by molar-refractivity contribution is 0.0931. The zero-order valence-electron chi connectivity index (χ0n) is 25.5. The zero-order valence-corrected chi connectivity index (χ0v) is 25.5. The van der Waals surface area contributed by atoms with Crippen molar-refractivity contribution in [2.75, 3.05) is 20.8 Å². The zero-order chi connectivity index (χ0) is 32.5. The molecule has 0 radical (unpaired) electrons. The van der Waals surface area contributed by atoms with Crippen molar-refractivity contribution in [3.05, 3.63) is 125 Å². The van der Waals surface area contributed by atoms with Crippen LogP contribution in [0.3, 0.4) is 0 Å². The van der Waals surface area contributed by atoms with Crippen LogP contribution in [-0.2, 0) is 11.3 Å². The highest BCUT2D eigenvalue weighted by atomic mass is 16.7. The Labute approximate surface area is 265 Å². The SMILES string of the molecule is CCOC(=O)Oc1c(C=O)c(C(=O)NCc2ccc(OC)cc2OC)c(OC(c2ccccc2)c2ccccc2)c2ncccc12. The fourth-order valence-corrected chi connectivity index (χ4v) is 5.03. The lowest BCUT2D eigenvalue weighted by atomic mass is 9.98. The highest BCUT2D eigenvalue weighted by Gasteiger charge is 2.31. The fourth-order valence-electron chi connectivity index (χ4n) is 5.03. The van der Waals surface area contributed by atoms with Crippen LogP contribution in [0.5, 0.6) is 23.0 Å². The van der Waals surface area contributed by atoms with Gasteiger partial charge in [0.25, 0.3) is 5.91 Å². The van der Waals surface area contributed by atoms with E-state index in [9.17, 15) is 14.4 Å². The molecule has 0 atom stereocenters. The van der Waals surface area contributed by atoms with Crippen LogP contribution in [0.25, 0.3) is 10.9 Å². The summed E-state index contributed by atoms with van der Waals surface area (Å²) in [4.78, 5) is 44.1. The number of rotatable bonds is 12. The van der Waals surface area contributed by atoms with Crippen LogP contribution in [0.15, 0.2) is 97.2 Å². The van der Waals surface area contributed by atoms with E-state index in [1.807, 2.05) is 60.7 Å². The maximum absolute atomic E-state index is 14.2. The molecule has 0 aliphatic heterocycles. The Bertz CT molecular complexity index is 1800. The molecule has 5 rings (SSSR count). The minimum Gasteiger partial charge on any atom is -0.497 e. The van der Waals surface area contributed by atoms with Gasteiger partial charge >= 0.3 is 6.16 Å².